The Hall–Kier alpha value is -0.0900. The lowest BCUT2D eigenvalue weighted by Gasteiger charge is -2.05. The highest BCUT2D eigenvalue weighted by Crippen LogP contribution is 2.31. The van der Waals surface area contributed by atoms with E-state index in [1.54, 1.807) is 6.07 Å². The Balaban J connectivity index is 2.38. The van der Waals surface area contributed by atoms with Crippen molar-refractivity contribution >= 4 is 40.3 Å². The van der Waals surface area contributed by atoms with Crippen LogP contribution in [-0.2, 0) is 4.74 Å². The van der Waals surface area contributed by atoms with Gasteiger partial charge in [0.05, 0.1) is 9.90 Å². The fourth-order valence-electron chi connectivity index (χ4n) is 1.09. The van der Waals surface area contributed by atoms with Crippen molar-refractivity contribution < 1.29 is 9.53 Å². The van der Waals surface area contributed by atoms with Gasteiger partial charge in [0.1, 0.15) is 10.9 Å². The summed E-state index contributed by atoms with van der Waals surface area (Å²) in [4.78, 5) is 11.7. The standard InChI is InChI=1S/C11H14Cl2O2S/c1-7(2)3-4-15-6-9(14)8-5-10(12)16-11(8)13/h5,7H,3-4,6H2,1-2H3. The highest BCUT2D eigenvalue weighted by Gasteiger charge is 2.14. The van der Waals surface area contributed by atoms with E-state index in [9.17, 15) is 4.79 Å². The molecule has 0 atom stereocenters. The quantitative estimate of drug-likeness (QED) is 0.574. The lowest BCUT2D eigenvalue weighted by Crippen LogP contribution is -2.10. The molecule has 16 heavy (non-hydrogen) atoms. The highest BCUT2D eigenvalue weighted by atomic mass is 35.5. The lowest BCUT2D eigenvalue weighted by atomic mass is 10.1. The van der Waals surface area contributed by atoms with Gasteiger partial charge in [-0.25, -0.2) is 0 Å². The Morgan fingerprint density at radius 1 is 1.50 bits per heavy atom. The molecule has 0 unspecified atom stereocenters. The van der Waals surface area contributed by atoms with Gasteiger partial charge in [0.25, 0.3) is 0 Å². The van der Waals surface area contributed by atoms with Crippen LogP contribution in [0.5, 0.6) is 0 Å². The zero-order valence-corrected chi connectivity index (χ0v) is 11.6. The molecule has 0 spiro atoms. The number of rotatable bonds is 6. The molecule has 1 aromatic rings. The Kier molecular flexibility index (Phi) is 5.76. The van der Waals surface area contributed by atoms with E-state index in [2.05, 4.69) is 13.8 Å². The second-order valence-electron chi connectivity index (χ2n) is 3.90. The first-order chi connectivity index (χ1) is 7.50. The van der Waals surface area contributed by atoms with E-state index in [4.69, 9.17) is 27.9 Å². The summed E-state index contributed by atoms with van der Waals surface area (Å²) in [6, 6.07) is 1.59. The molecule has 90 valence electrons. The van der Waals surface area contributed by atoms with Crippen LogP contribution in [-0.4, -0.2) is 19.0 Å². The molecule has 0 N–H and O–H groups in total. The van der Waals surface area contributed by atoms with Crippen LogP contribution < -0.4 is 0 Å². The second kappa shape index (κ2) is 6.60. The molecule has 0 bridgehead atoms. The molecule has 1 aromatic heterocycles. The Labute approximate surface area is 110 Å². The molecule has 0 aliphatic heterocycles. The number of hydrogen-bond acceptors (Lipinski definition) is 3. The number of ether oxygens (including phenoxy) is 1. The van der Waals surface area contributed by atoms with Crippen molar-refractivity contribution in [1.29, 1.82) is 0 Å². The average Bonchev–Trinajstić information content (AvgIpc) is 2.52. The van der Waals surface area contributed by atoms with Gasteiger partial charge in [-0.05, 0) is 18.4 Å². The molecule has 0 aliphatic rings. The van der Waals surface area contributed by atoms with E-state index in [0.29, 0.717) is 26.8 Å². The maximum atomic E-state index is 11.7. The third-order valence-electron chi connectivity index (χ3n) is 2.03. The maximum Gasteiger partial charge on any atom is 0.190 e. The lowest BCUT2D eigenvalue weighted by molar-refractivity contribution is 0.0740. The molecule has 0 fully saturated rings. The third-order valence-corrected chi connectivity index (χ3v) is 3.52. The van der Waals surface area contributed by atoms with Crippen molar-refractivity contribution in [3.8, 4) is 0 Å². The first kappa shape index (κ1) is 14.0. The zero-order valence-electron chi connectivity index (χ0n) is 9.26. The molecule has 0 aliphatic carbocycles. The van der Waals surface area contributed by atoms with Crippen LogP contribution in [0.4, 0.5) is 0 Å². The van der Waals surface area contributed by atoms with Crippen molar-refractivity contribution in [3.63, 3.8) is 0 Å². The van der Waals surface area contributed by atoms with Gasteiger partial charge in [-0.2, -0.15) is 0 Å². The van der Waals surface area contributed by atoms with Crippen molar-refractivity contribution in [2.45, 2.75) is 20.3 Å². The van der Waals surface area contributed by atoms with E-state index >= 15 is 0 Å². The minimum Gasteiger partial charge on any atom is -0.373 e. The fourth-order valence-corrected chi connectivity index (χ4v) is 2.59. The van der Waals surface area contributed by atoms with Crippen molar-refractivity contribution in [3.05, 3.63) is 20.3 Å². The predicted molar refractivity (Wildman–Crippen MR) is 68.9 cm³/mol. The topological polar surface area (TPSA) is 26.3 Å². The van der Waals surface area contributed by atoms with Crippen LogP contribution in [0.1, 0.15) is 30.6 Å². The van der Waals surface area contributed by atoms with Crippen LogP contribution in [0.3, 0.4) is 0 Å². The molecule has 0 radical (unpaired) electrons. The van der Waals surface area contributed by atoms with Gasteiger partial charge in [-0.3, -0.25) is 4.79 Å². The van der Waals surface area contributed by atoms with Crippen LogP contribution >= 0.6 is 34.5 Å². The van der Waals surface area contributed by atoms with Crippen molar-refractivity contribution in [2.75, 3.05) is 13.2 Å². The van der Waals surface area contributed by atoms with E-state index in [1.165, 1.54) is 11.3 Å². The highest BCUT2D eigenvalue weighted by molar-refractivity contribution is 7.20. The summed E-state index contributed by atoms with van der Waals surface area (Å²) >= 11 is 12.8. The summed E-state index contributed by atoms with van der Waals surface area (Å²) in [5.41, 5.74) is 0.459. The van der Waals surface area contributed by atoms with E-state index in [1.807, 2.05) is 0 Å². The molecule has 0 saturated carbocycles. The first-order valence-electron chi connectivity index (χ1n) is 5.06. The number of thiophene rings is 1. The second-order valence-corrected chi connectivity index (χ2v) is 6.18. The predicted octanol–water partition coefficient (Wildman–Crippen LogP) is 4.30. The van der Waals surface area contributed by atoms with Gasteiger partial charge in [0.2, 0.25) is 0 Å². The molecule has 0 saturated heterocycles. The monoisotopic (exact) mass is 280 g/mol. The zero-order chi connectivity index (χ0) is 12.1. The van der Waals surface area contributed by atoms with Gasteiger partial charge >= 0.3 is 0 Å². The van der Waals surface area contributed by atoms with Crippen LogP contribution in [0.15, 0.2) is 6.07 Å². The molecule has 1 heterocycles. The molecular weight excluding hydrogens is 267 g/mol. The first-order valence-corrected chi connectivity index (χ1v) is 6.63. The summed E-state index contributed by atoms with van der Waals surface area (Å²) in [6.07, 6.45) is 0.950. The third kappa shape index (κ3) is 4.42. The van der Waals surface area contributed by atoms with Crippen LogP contribution in [0.2, 0.25) is 8.67 Å². The Morgan fingerprint density at radius 2 is 2.19 bits per heavy atom. The van der Waals surface area contributed by atoms with Gasteiger partial charge in [-0.15, -0.1) is 11.3 Å². The van der Waals surface area contributed by atoms with Crippen molar-refractivity contribution in [1.82, 2.24) is 0 Å². The summed E-state index contributed by atoms with van der Waals surface area (Å²) in [5, 5.41) is 0. The minimum atomic E-state index is -0.114. The van der Waals surface area contributed by atoms with Gasteiger partial charge in [0.15, 0.2) is 5.78 Å². The molecule has 5 heteroatoms. The number of hydrogen-bond donors (Lipinski definition) is 0. The fraction of sp³-hybridized carbons (Fsp3) is 0.545. The summed E-state index contributed by atoms with van der Waals surface area (Å²) < 4.78 is 6.23. The molecule has 2 nitrogen and oxygen atoms in total. The Morgan fingerprint density at radius 3 is 2.69 bits per heavy atom. The largest absolute Gasteiger partial charge is 0.373 e. The number of Topliss-reactive ketones (excluding diaryl/α,β-unsaturated/α-hetero) is 1. The summed E-state index contributed by atoms with van der Waals surface area (Å²) in [6.45, 7) is 4.89. The van der Waals surface area contributed by atoms with Crippen LogP contribution in [0.25, 0.3) is 0 Å². The summed E-state index contributed by atoms with van der Waals surface area (Å²) in [5.74, 6) is 0.464. The maximum absolute atomic E-state index is 11.7. The molecule has 0 aromatic carbocycles. The number of ketones is 1. The minimum absolute atomic E-state index is 0.0690. The molecule has 1 rings (SSSR count). The number of carbonyl (C=O) groups excluding carboxylic acids is 1. The van der Waals surface area contributed by atoms with Crippen LogP contribution in [0, 0.1) is 5.92 Å². The molecule has 0 amide bonds. The van der Waals surface area contributed by atoms with Gasteiger partial charge in [0, 0.05) is 6.61 Å². The van der Waals surface area contributed by atoms with E-state index in [-0.39, 0.29) is 12.4 Å². The van der Waals surface area contributed by atoms with E-state index < -0.39 is 0 Å². The Bertz CT molecular complexity index is 361. The van der Waals surface area contributed by atoms with E-state index in [0.717, 1.165) is 6.42 Å². The SMILES string of the molecule is CC(C)CCOCC(=O)c1cc(Cl)sc1Cl. The van der Waals surface area contributed by atoms with Crippen molar-refractivity contribution in [2.24, 2.45) is 5.92 Å². The van der Waals surface area contributed by atoms with Gasteiger partial charge in [-0.1, -0.05) is 37.0 Å². The average molecular weight is 281 g/mol. The summed E-state index contributed by atoms with van der Waals surface area (Å²) in [7, 11) is 0. The normalized spacial score (nSPS) is 11.1. The molecular formula is C11H14Cl2O2S. The number of carbonyl (C=O) groups is 1. The smallest absolute Gasteiger partial charge is 0.190 e. The van der Waals surface area contributed by atoms with Gasteiger partial charge < -0.3 is 4.74 Å². The number of halogens is 2.